The number of unbranched alkanes of at least 4 members (excludes halogenated alkanes) is 1. The Kier molecular flexibility index (Phi) is 4.10. The fourth-order valence-electron chi connectivity index (χ4n) is 1.28. The van der Waals surface area contributed by atoms with Gasteiger partial charge in [0.05, 0.1) is 6.07 Å². The number of nitrogens with zero attached hydrogens (tertiary/aromatic N) is 1. The minimum absolute atomic E-state index is 0.0165. The first kappa shape index (κ1) is 11.5. The van der Waals surface area contributed by atoms with E-state index >= 15 is 0 Å². The molecule has 0 saturated heterocycles. The summed E-state index contributed by atoms with van der Waals surface area (Å²) in [5.74, 6) is -1.18. The molecule has 0 spiro atoms. The van der Waals surface area contributed by atoms with Gasteiger partial charge in [-0.3, -0.25) is 4.79 Å². The van der Waals surface area contributed by atoms with Gasteiger partial charge in [-0.25, -0.2) is 4.79 Å². The average molecular weight is 210 g/mol. The number of rotatable bonds is 6. The predicted octanol–water partition coefficient (Wildman–Crippen LogP) is 0.660. The van der Waals surface area contributed by atoms with Crippen LogP contribution < -0.4 is 5.32 Å². The summed E-state index contributed by atoms with van der Waals surface area (Å²) in [5.41, 5.74) is 0. The first-order valence-electron chi connectivity index (χ1n) is 5.05. The Labute approximate surface area is 88.1 Å². The maximum absolute atomic E-state index is 11.3. The largest absolute Gasteiger partial charge is 0.480 e. The van der Waals surface area contributed by atoms with Crippen LogP contribution >= 0.6 is 0 Å². The number of hydrogen-bond acceptors (Lipinski definition) is 3. The van der Waals surface area contributed by atoms with Gasteiger partial charge in [0.2, 0.25) is 5.91 Å². The van der Waals surface area contributed by atoms with E-state index in [4.69, 9.17) is 10.4 Å². The first-order valence-corrected chi connectivity index (χ1v) is 5.05. The third kappa shape index (κ3) is 3.98. The second kappa shape index (κ2) is 5.35. The van der Waals surface area contributed by atoms with Gasteiger partial charge in [0.15, 0.2) is 0 Å². The summed E-state index contributed by atoms with van der Waals surface area (Å²) in [4.78, 5) is 22.1. The zero-order valence-electron chi connectivity index (χ0n) is 8.40. The molecule has 82 valence electrons. The second-order valence-electron chi connectivity index (χ2n) is 3.72. The summed E-state index contributed by atoms with van der Waals surface area (Å²) in [6.07, 6.45) is 2.86. The minimum atomic E-state index is -1.03. The first-order chi connectivity index (χ1) is 7.15. The molecular weight excluding hydrogens is 196 g/mol. The Bertz CT molecular complexity index is 292. The van der Waals surface area contributed by atoms with Crippen LogP contribution in [0.25, 0.3) is 0 Å². The number of carbonyl (C=O) groups is 2. The lowest BCUT2D eigenvalue weighted by molar-refractivity contribution is -0.142. The Balaban J connectivity index is 2.32. The highest BCUT2D eigenvalue weighted by Gasteiger charge is 2.32. The van der Waals surface area contributed by atoms with Crippen molar-refractivity contribution >= 4 is 11.9 Å². The summed E-state index contributed by atoms with van der Waals surface area (Å²) < 4.78 is 0. The number of nitrogens with one attached hydrogen (secondary N) is 1. The Hall–Kier alpha value is -1.57. The molecule has 1 fully saturated rings. The Morgan fingerprint density at radius 2 is 2.20 bits per heavy atom. The molecule has 1 aliphatic carbocycles. The maximum Gasteiger partial charge on any atom is 0.326 e. The van der Waals surface area contributed by atoms with E-state index in [9.17, 15) is 9.59 Å². The zero-order chi connectivity index (χ0) is 11.3. The maximum atomic E-state index is 11.3. The number of carboxylic acid groups (broad SMARTS) is 1. The van der Waals surface area contributed by atoms with Crippen LogP contribution in [0.5, 0.6) is 0 Å². The number of carboxylic acids is 1. The normalized spacial score (nSPS) is 16.5. The van der Waals surface area contributed by atoms with Crippen molar-refractivity contribution < 1.29 is 14.7 Å². The van der Waals surface area contributed by atoms with Gasteiger partial charge in [0.1, 0.15) is 6.04 Å². The molecule has 5 nitrogen and oxygen atoms in total. The topological polar surface area (TPSA) is 90.2 Å². The number of nitriles is 1. The number of amides is 1. The molecule has 1 atom stereocenters. The average Bonchev–Trinajstić information content (AvgIpc) is 2.99. The van der Waals surface area contributed by atoms with Crippen LogP contribution in [0.3, 0.4) is 0 Å². The number of carbonyl (C=O) groups excluding carboxylic acids is 1. The van der Waals surface area contributed by atoms with Gasteiger partial charge in [0.25, 0.3) is 0 Å². The van der Waals surface area contributed by atoms with Crippen molar-refractivity contribution in [3.63, 3.8) is 0 Å². The summed E-state index contributed by atoms with van der Waals surface area (Å²) in [6.45, 7) is 0. The molecule has 0 aromatic carbocycles. The van der Waals surface area contributed by atoms with Gasteiger partial charge in [-0.05, 0) is 25.7 Å². The fourth-order valence-corrected chi connectivity index (χ4v) is 1.28. The van der Waals surface area contributed by atoms with Gasteiger partial charge in [-0.1, -0.05) is 0 Å². The zero-order valence-corrected chi connectivity index (χ0v) is 8.40. The fraction of sp³-hybridized carbons (Fsp3) is 0.700. The molecule has 2 N–H and O–H groups in total. The lowest BCUT2D eigenvalue weighted by Crippen LogP contribution is -2.41. The summed E-state index contributed by atoms with van der Waals surface area (Å²) in [7, 11) is 0. The summed E-state index contributed by atoms with van der Waals surface area (Å²) >= 11 is 0. The van der Waals surface area contributed by atoms with Crippen molar-refractivity contribution in [3.8, 4) is 6.07 Å². The molecule has 0 radical (unpaired) electrons. The van der Waals surface area contributed by atoms with Crippen LogP contribution in [0.1, 0.15) is 32.1 Å². The van der Waals surface area contributed by atoms with Crippen molar-refractivity contribution in [3.05, 3.63) is 0 Å². The molecule has 5 heteroatoms. The van der Waals surface area contributed by atoms with E-state index < -0.39 is 12.0 Å². The highest BCUT2D eigenvalue weighted by atomic mass is 16.4. The SMILES string of the molecule is N#CCCC[C@H](NC(=O)C1CC1)C(=O)O. The van der Waals surface area contributed by atoms with Crippen LogP contribution in [-0.4, -0.2) is 23.0 Å². The van der Waals surface area contributed by atoms with Crippen LogP contribution in [0.15, 0.2) is 0 Å². The molecule has 1 amide bonds. The van der Waals surface area contributed by atoms with E-state index in [1.165, 1.54) is 0 Å². The number of hydrogen-bond donors (Lipinski definition) is 2. The molecule has 0 aliphatic heterocycles. The quantitative estimate of drug-likeness (QED) is 0.630. The Morgan fingerprint density at radius 1 is 1.53 bits per heavy atom. The van der Waals surface area contributed by atoms with E-state index in [2.05, 4.69) is 5.32 Å². The van der Waals surface area contributed by atoms with Crippen molar-refractivity contribution in [2.24, 2.45) is 5.92 Å². The molecular formula is C10H14N2O3. The highest BCUT2D eigenvalue weighted by molar-refractivity contribution is 5.86. The van der Waals surface area contributed by atoms with Crippen LogP contribution in [0.4, 0.5) is 0 Å². The predicted molar refractivity (Wildman–Crippen MR) is 51.8 cm³/mol. The van der Waals surface area contributed by atoms with Gasteiger partial charge < -0.3 is 10.4 Å². The molecule has 15 heavy (non-hydrogen) atoms. The molecule has 0 bridgehead atoms. The third-order valence-corrected chi connectivity index (χ3v) is 2.34. The molecule has 0 heterocycles. The molecule has 0 aromatic rings. The molecule has 1 saturated carbocycles. The van der Waals surface area contributed by atoms with Crippen molar-refractivity contribution in [2.45, 2.75) is 38.1 Å². The monoisotopic (exact) mass is 210 g/mol. The molecule has 0 aromatic heterocycles. The number of aliphatic carboxylic acids is 1. The van der Waals surface area contributed by atoms with E-state index in [0.29, 0.717) is 19.3 Å². The van der Waals surface area contributed by atoms with E-state index in [1.54, 1.807) is 0 Å². The van der Waals surface area contributed by atoms with Crippen molar-refractivity contribution in [2.75, 3.05) is 0 Å². The van der Waals surface area contributed by atoms with Gasteiger partial charge >= 0.3 is 5.97 Å². The van der Waals surface area contributed by atoms with Crippen LogP contribution in [-0.2, 0) is 9.59 Å². The van der Waals surface area contributed by atoms with Crippen LogP contribution in [0, 0.1) is 17.2 Å². The van der Waals surface area contributed by atoms with E-state index in [1.807, 2.05) is 6.07 Å². The van der Waals surface area contributed by atoms with Gasteiger partial charge in [-0.2, -0.15) is 5.26 Å². The second-order valence-corrected chi connectivity index (χ2v) is 3.72. The molecule has 0 unspecified atom stereocenters. The van der Waals surface area contributed by atoms with Crippen molar-refractivity contribution in [1.82, 2.24) is 5.32 Å². The summed E-state index contributed by atoms with van der Waals surface area (Å²) in [6, 6.07) is 1.10. The lowest BCUT2D eigenvalue weighted by Gasteiger charge is -2.13. The smallest absolute Gasteiger partial charge is 0.326 e. The minimum Gasteiger partial charge on any atom is -0.480 e. The third-order valence-electron chi connectivity index (χ3n) is 2.34. The standard InChI is InChI=1S/C10H14N2O3/c11-6-2-1-3-8(10(14)15)12-9(13)7-4-5-7/h7-8H,1-5H2,(H,12,13)(H,14,15)/t8-/m0/s1. The Morgan fingerprint density at radius 3 is 2.67 bits per heavy atom. The molecule has 1 rings (SSSR count). The summed E-state index contributed by atoms with van der Waals surface area (Å²) in [5, 5.41) is 19.6. The van der Waals surface area contributed by atoms with E-state index in [0.717, 1.165) is 12.8 Å². The van der Waals surface area contributed by atoms with E-state index in [-0.39, 0.29) is 11.8 Å². The van der Waals surface area contributed by atoms with Gasteiger partial charge in [0, 0.05) is 12.3 Å². The van der Waals surface area contributed by atoms with Gasteiger partial charge in [-0.15, -0.1) is 0 Å². The highest BCUT2D eigenvalue weighted by Crippen LogP contribution is 2.29. The van der Waals surface area contributed by atoms with Crippen molar-refractivity contribution in [1.29, 1.82) is 5.26 Å². The lowest BCUT2D eigenvalue weighted by atomic mass is 10.1. The molecule has 1 aliphatic rings. The van der Waals surface area contributed by atoms with Crippen LogP contribution in [0.2, 0.25) is 0 Å².